The summed E-state index contributed by atoms with van der Waals surface area (Å²) in [6, 6.07) is 16.3. The van der Waals surface area contributed by atoms with Crippen molar-refractivity contribution in [3.8, 4) is 0 Å². The number of rotatable bonds is 6. The molecule has 1 aromatic heterocycles. The summed E-state index contributed by atoms with van der Waals surface area (Å²) in [6.07, 6.45) is 1.95. The summed E-state index contributed by atoms with van der Waals surface area (Å²) in [5.74, 6) is -0.436. The van der Waals surface area contributed by atoms with Gasteiger partial charge in [-0.15, -0.1) is 0 Å². The van der Waals surface area contributed by atoms with E-state index in [1.54, 1.807) is 24.9 Å². The highest BCUT2D eigenvalue weighted by Gasteiger charge is 2.31. The number of nitro groups is 1. The average Bonchev–Trinajstić information content (AvgIpc) is 3.38. The maximum Gasteiger partial charge on any atom is 0.332 e. The maximum absolute atomic E-state index is 12.0. The van der Waals surface area contributed by atoms with Crippen LogP contribution in [0.3, 0.4) is 0 Å². The van der Waals surface area contributed by atoms with E-state index in [-0.39, 0.29) is 18.3 Å². The van der Waals surface area contributed by atoms with Crippen LogP contribution in [0.5, 0.6) is 0 Å². The summed E-state index contributed by atoms with van der Waals surface area (Å²) in [5.41, 5.74) is 3.99. The van der Waals surface area contributed by atoms with E-state index in [4.69, 9.17) is 9.84 Å². The Morgan fingerprint density at radius 3 is 2.84 bits per heavy atom. The number of hydrazone groups is 1. The van der Waals surface area contributed by atoms with Gasteiger partial charge in [0.05, 0.1) is 23.3 Å². The number of fused-ring (bicyclic) bond motifs is 1. The Morgan fingerprint density at radius 1 is 1.29 bits per heavy atom. The number of H-pyrrole nitrogens is 1. The fourth-order valence-corrected chi connectivity index (χ4v) is 3.75. The minimum Gasteiger partial charge on any atom is -0.463 e. The molecule has 0 saturated heterocycles. The summed E-state index contributed by atoms with van der Waals surface area (Å²) in [7, 11) is 0. The lowest BCUT2D eigenvalue weighted by molar-refractivity contribution is -0.384. The molecular weight excluding hydrogens is 396 g/mol. The largest absolute Gasteiger partial charge is 0.463 e. The van der Waals surface area contributed by atoms with E-state index in [0.717, 1.165) is 16.6 Å². The van der Waals surface area contributed by atoms with Gasteiger partial charge in [0, 0.05) is 47.1 Å². The quantitative estimate of drug-likeness (QED) is 0.271. The Balaban J connectivity index is 1.74. The van der Waals surface area contributed by atoms with Gasteiger partial charge in [-0.25, -0.2) is 4.79 Å². The van der Waals surface area contributed by atoms with Gasteiger partial charge in [0.2, 0.25) is 0 Å². The van der Waals surface area contributed by atoms with Crippen molar-refractivity contribution in [2.45, 2.75) is 26.3 Å². The van der Waals surface area contributed by atoms with Crippen LogP contribution in [0, 0.1) is 10.1 Å². The first-order valence-electron chi connectivity index (χ1n) is 10.0. The van der Waals surface area contributed by atoms with Crippen LogP contribution in [0.1, 0.15) is 37.6 Å². The molecule has 0 aliphatic carbocycles. The molecule has 2 heterocycles. The zero-order chi connectivity index (χ0) is 22.0. The smallest absolute Gasteiger partial charge is 0.332 e. The number of carbonyl (C=O) groups is 1. The van der Waals surface area contributed by atoms with Gasteiger partial charge in [0.25, 0.3) is 5.69 Å². The Kier molecular flexibility index (Phi) is 5.53. The number of carbonyl (C=O) groups excluding carboxylic acids is 1. The Labute approximate surface area is 179 Å². The molecule has 1 aliphatic rings. The van der Waals surface area contributed by atoms with Crippen LogP contribution in [0.2, 0.25) is 0 Å². The Bertz CT molecular complexity index is 1180. The minimum absolute atomic E-state index is 0.0135. The fraction of sp³-hybridized carbons (Fsp3) is 0.217. The highest BCUT2D eigenvalue weighted by molar-refractivity contribution is 6.02. The molecule has 1 aliphatic heterocycles. The van der Waals surface area contributed by atoms with Crippen molar-refractivity contribution in [1.82, 2.24) is 9.99 Å². The van der Waals surface area contributed by atoms with Crippen LogP contribution in [-0.4, -0.2) is 33.2 Å². The summed E-state index contributed by atoms with van der Waals surface area (Å²) in [4.78, 5) is 26.2. The highest BCUT2D eigenvalue weighted by atomic mass is 16.6. The molecule has 31 heavy (non-hydrogen) atoms. The van der Waals surface area contributed by atoms with Gasteiger partial charge in [0.1, 0.15) is 0 Å². The zero-order valence-electron chi connectivity index (χ0n) is 17.2. The second-order valence-electron chi connectivity index (χ2n) is 7.27. The van der Waals surface area contributed by atoms with Gasteiger partial charge in [-0.2, -0.15) is 5.10 Å². The molecule has 0 fully saturated rings. The van der Waals surface area contributed by atoms with Crippen molar-refractivity contribution in [3.05, 3.63) is 87.7 Å². The van der Waals surface area contributed by atoms with Crippen LogP contribution >= 0.6 is 0 Å². The molecule has 8 nitrogen and oxygen atoms in total. The number of nitro benzene ring substituents is 1. The lowest BCUT2D eigenvalue weighted by Crippen LogP contribution is -2.19. The summed E-state index contributed by atoms with van der Waals surface area (Å²) >= 11 is 0. The third-order valence-electron chi connectivity index (χ3n) is 5.19. The van der Waals surface area contributed by atoms with E-state index in [9.17, 15) is 14.9 Å². The van der Waals surface area contributed by atoms with Crippen LogP contribution in [0.15, 0.2) is 71.5 Å². The number of hydrogen-bond donors (Lipinski definition) is 1. The molecule has 0 radical (unpaired) electrons. The summed E-state index contributed by atoms with van der Waals surface area (Å²) < 4.78 is 5.04. The Morgan fingerprint density at radius 2 is 2.10 bits per heavy atom. The van der Waals surface area contributed by atoms with E-state index >= 15 is 0 Å². The van der Waals surface area contributed by atoms with E-state index in [2.05, 4.69) is 11.1 Å². The number of nitrogens with one attached hydrogen (secondary N) is 1. The second kappa shape index (κ2) is 8.43. The topological polar surface area (TPSA) is 101 Å². The number of para-hydroxylation sites is 1. The van der Waals surface area contributed by atoms with Crippen molar-refractivity contribution in [2.75, 3.05) is 6.61 Å². The first-order valence-corrected chi connectivity index (χ1v) is 10.0. The first kappa shape index (κ1) is 20.3. The lowest BCUT2D eigenvalue weighted by Gasteiger charge is -2.23. The molecule has 8 heteroatoms. The van der Waals surface area contributed by atoms with Gasteiger partial charge >= 0.3 is 5.97 Å². The average molecular weight is 418 g/mol. The SMILES string of the molecule is CCOC(=O)C=C(C)N1N=C(c2cccc([N+](=O)[O-])c2)C[C@@H]1c1cc2ccccc2[nH]1. The van der Waals surface area contributed by atoms with Crippen LogP contribution in [-0.2, 0) is 9.53 Å². The van der Waals surface area contributed by atoms with Crippen molar-refractivity contribution < 1.29 is 14.5 Å². The third kappa shape index (κ3) is 4.18. The molecule has 0 unspecified atom stereocenters. The number of non-ortho nitro benzene ring substituents is 1. The normalized spacial score (nSPS) is 16.5. The number of ether oxygens (including phenoxy) is 1. The van der Waals surface area contributed by atoms with E-state index < -0.39 is 10.9 Å². The number of aromatic nitrogens is 1. The van der Waals surface area contributed by atoms with Gasteiger partial charge < -0.3 is 9.72 Å². The summed E-state index contributed by atoms with van der Waals surface area (Å²) in [5, 5.41) is 18.8. The molecular formula is C23H22N4O4. The number of aromatic amines is 1. The van der Waals surface area contributed by atoms with Crippen molar-refractivity contribution in [1.29, 1.82) is 0 Å². The van der Waals surface area contributed by atoms with Gasteiger partial charge in [-0.3, -0.25) is 15.1 Å². The van der Waals surface area contributed by atoms with Gasteiger partial charge in [-0.1, -0.05) is 30.3 Å². The molecule has 158 valence electrons. The summed E-state index contributed by atoms with van der Waals surface area (Å²) in [6.45, 7) is 3.84. The van der Waals surface area contributed by atoms with Crippen molar-refractivity contribution >= 4 is 28.3 Å². The molecule has 3 aromatic rings. The zero-order valence-corrected chi connectivity index (χ0v) is 17.2. The number of hydrogen-bond acceptors (Lipinski definition) is 6. The molecule has 0 bridgehead atoms. The van der Waals surface area contributed by atoms with Gasteiger partial charge in [0.15, 0.2) is 0 Å². The van der Waals surface area contributed by atoms with E-state index in [0.29, 0.717) is 23.4 Å². The van der Waals surface area contributed by atoms with E-state index in [1.807, 2.05) is 30.3 Å². The minimum atomic E-state index is -0.436. The van der Waals surface area contributed by atoms with Gasteiger partial charge in [-0.05, 0) is 31.4 Å². The molecule has 1 N–H and O–H groups in total. The van der Waals surface area contributed by atoms with Crippen molar-refractivity contribution in [2.24, 2.45) is 5.10 Å². The van der Waals surface area contributed by atoms with Crippen molar-refractivity contribution in [3.63, 3.8) is 0 Å². The predicted molar refractivity (Wildman–Crippen MR) is 118 cm³/mol. The number of benzene rings is 2. The number of nitrogens with zero attached hydrogens (tertiary/aromatic N) is 3. The molecule has 0 spiro atoms. The molecule has 1 atom stereocenters. The predicted octanol–water partition coefficient (Wildman–Crippen LogP) is 4.69. The first-order chi connectivity index (χ1) is 15.0. The standard InChI is InChI=1S/C23H22N4O4/c1-3-31-23(28)11-15(2)26-22(21-13-17-7-4-5-10-19(17)24-21)14-20(25-26)16-8-6-9-18(12-16)27(29)30/h4-13,22,24H,3,14H2,1-2H3/t22-/m1/s1. The molecule has 2 aromatic carbocycles. The van der Waals surface area contributed by atoms with E-state index in [1.165, 1.54) is 18.2 Å². The van der Waals surface area contributed by atoms with Crippen LogP contribution in [0.25, 0.3) is 10.9 Å². The fourth-order valence-electron chi connectivity index (χ4n) is 3.75. The number of allylic oxidation sites excluding steroid dienone is 1. The Hall–Kier alpha value is -3.94. The lowest BCUT2D eigenvalue weighted by atomic mass is 10.0. The van der Waals surface area contributed by atoms with Crippen LogP contribution < -0.4 is 0 Å². The second-order valence-corrected chi connectivity index (χ2v) is 7.27. The molecule has 0 amide bonds. The monoisotopic (exact) mass is 418 g/mol. The number of esters is 1. The molecule has 0 saturated carbocycles. The molecule has 4 rings (SSSR count). The maximum atomic E-state index is 12.0. The van der Waals surface area contributed by atoms with Crippen LogP contribution in [0.4, 0.5) is 5.69 Å². The third-order valence-corrected chi connectivity index (χ3v) is 5.19. The highest BCUT2D eigenvalue weighted by Crippen LogP contribution is 2.36.